The molecule has 9 heteroatoms. The van der Waals surface area contributed by atoms with Crippen LogP contribution in [0.4, 0.5) is 0 Å². The Morgan fingerprint density at radius 3 is 2.71 bits per heavy atom. The largest absolute Gasteiger partial charge is 0.396 e. The fraction of sp³-hybridized carbons (Fsp3) is 0.867. The zero-order chi connectivity index (χ0) is 16.9. The number of carbonyl (C=O) groups excluding carboxylic acids is 1. The first kappa shape index (κ1) is 17.2. The van der Waals surface area contributed by atoms with Gasteiger partial charge in [0, 0.05) is 39.3 Å². The summed E-state index contributed by atoms with van der Waals surface area (Å²) in [5, 5.41) is 20.8. The number of aliphatic hydroxyl groups excluding tert-OH is 1. The highest BCUT2D eigenvalue weighted by atomic mass is 16.5. The highest BCUT2D eigenvalue weighted by molar-refractivity contribution is 5.76. The summed E-state index contributed by atoms with van der Waals surface area (Å²) >= 11 is 0. The maximum Gasteiger partial charge on any atom is 0.244 e. The number of hydrogen-bond donors (Lipinski definition) is 1. The van der Waals surface area contributed by atoms with Crippen molar-refractivity contribution < 1.29 is 14.6 Å². The fourth-order valence-corrected chi connectivity index (χ4v) is 3.56. The Morgan fingerprint density at radius 1 is 1.29 bits per heavy atom. The lowest BCUT2D eigenvalue weighted by molar-refractivity contribution is -0.135. The molecule has 1 N–H and O–H groups in total. The molecule has 9 nitrogen and oxygen atoms in total. The molecule has 0 unspecified atom stereocenters. The summed E-state index contributed by atoms with van der Waals surface area (Å²) in [5.74, 6) is 1.16. The van der Waals surface area contributed by atoms with Gasteiger partial charge < -0.3 is 14.7 Å². The third-order valence-corrected chi connectivity index (χ3v) is 4.85. The summed E-state index contributed by atoms with van der Waals surface area (Å²) in [4.78, 5) is 16.9. The minimum absolute atomic E-state index is 0.00975. The number of piperidine rings is 1. The number of aryl methyl sites for hydroxylation is 1. The van der Waals surface area contributed by atoms with Crippen molar-refractivity contribution >= 4 is 5.91 Å². The molecule has 2 aliphatic rings. The van der Waals surface area contributed by atoms with Crippen LogP contribution >= 0.6 is 0 Å². The van der Waals surface area contributed by atoms with Crippen molar-refractivity contribution in [1.82, 2.24) is 30.0 Å². The summed E-state index contributed by atoms with van der Waals surface area (Å²) in [7, 11) is 0. The first-order chi connectivity index (χ1) is 11.7. The molecule has 3 heterocycles. The van der Waals surface area contributed by atoms with Crippen LogP contribution in [0.5, 0.6) is 0 Å². The van der Waals surface area contributed by atoms with Crippen LogP contribution in [-0.2, 0) is 16.1 Å². The Balaban J connectivity index is 1.59. The molecule has 0 aromatic carbocycles. The first-order valence-corrected chi connectivity index (χ1v) is 8.57. The maximum atomic E-state index is 12.6. The van der Waals surface area contributed by atoms with E-state index in [9.17, 15) is 9.90 Å². The fourth-order valence-electron chi connectivity index (χ4n) is 3.56. The predicted molar refractivity (Wildman–Crippen MR) is 85.1 cm³/mol. The number of hydrogen-bond acceptors (Lipinski definition) is 7. The van der Waals surface area contributed by atoms with Crippen LogP contribution in [0.15, 0.2) is 0 Å². The van der Waals surface area contributed by atoms with E-state index < -0.39 is 0 Å². The van der Waals surface area contributed by atoms with Crippen LogP contribution in [-0.4, -0.2) is 93.6 Å². The molecule has 1 amide bonds. The molecule has 134 valence electrons. The van der Waals surface area contributed by atoms with Gasteiger partial charge in [-0.15, -0.1) is 5.10 Å². The van der Waals surface area contributed by atoms with Crippen LogP contribution in [0.2, 0.25) is 0 Å². The maximum absolute atomic E-state index is 12.6. The molecule has 1 aromatic heterocycles. The highest BCUT2D eigenvalue weighted by Crippen LogP contribution is 2.23. The zero-order valence-corrected chi connectivity index (χ0v) is 14.2. The van der Waals surface area contributed by atoms with Gasteiger partial charge in [0.15, 0.2) is 0 Å². The van der Waals surface area contributed by atoms with Crippen LogP contribution in [0.25, 0.3) is 0 Å². The second-order valence-electron chi connectivity index (χ2n) is 6.75. The van der Waals surface area contributed by atoms with Crippen LogP contribution in [0, 0.1) is 18.8 Å². The second kappa shape index (κ2) is 8.00. The zero-order valence-electron chi connectivity index (χ0n) is 14.2. The molecule has 2 saturated heterocycles. The van der Waals surface area contributed by atoms with Crippen molar-refractivity contribution in [2.24, 2.45) is 11.8 Å². The quantitative estimate of drug-likeness (QED) is 0.718. The van der Waals surface area contributed by atoms with Crippen molar-refractivity contribution in [3.8, 4) is 0 Å². The lowest BCUT2D eigenvalue weighted by atomic mass is 9.89. The first-order valence-electron chi connectivity index (χ1n) is 8.57. The van der Waals surface area contributed by atoms with Crippen molar-refractivity contribution in [1.29, 1.82) is 0 Å². The van der Waals surface area contributed by atoms with Gasteiger partial charge in [-0.3, -0.25) is 9.69 Å². The Labute approximate surface area is 141 Å². The smallest absolute Gasteiger partial charge is 0.244 e. The number of tetrazole rings is 1. The van der Waals surface area contributed by atoms with Crippen LogP contribution in [0.3, 0.4) is 0 Å². The van der Waals surface area contributed by atoms with E-state index in [1.807, 2.05) is 4.90 Å². The van der Waals surface area contributed by atoms with E-state index >= 15 is 0 Å². The monoisotopic (exact) mass is 338 g/mol. The van der Waals surface area contributed by atoms with Gasteiger partial charge >= 0.3 is 0 Å². The van der Waals surface area contributed by atoms with E-state index in [1.165, 1.54) is 4.68 Å². The SMILES string of the molecule is Cc1nnnn1CC(=O)N1C[C@@H](CN2CCOCC2)C[C@H](CO)C1. The molecular formula is C15H26N6O3. The van der Waals surface area contributed by atoms with E-state index in [0.717, 1.165) is 45.8 Å². The Morgan fingerprint density at radius 2 is 2.04 bits per heavy atom. The normalized spacial score (nSPS) is 25.8. The number of carbonyl (C=O) groups is 1. The van der Waals surface area contributed by atoms with Gasteiger partial charge in [0.2, 0.25) is 5.91 Å². The number of ether oxygens (including phenoxy) is 1. The van der Waals surface area contributed by atoms with Crippen molar-refractivity contribution in [3.63, 3.8) is 0 Å². The van der Waals surface area contributed by atoms with Crippen LogP contribution < -0.4 is 0 Å². The Kier molecular flexibility index (Phi) is 5.75. The Bertz CT molecular complexity index is 545. The molecule has 1 aromatic rings. The number of morpholine rings is 1. The van der Waals surface area contributed by atoms with E-state index in [4.69, 9.17) is 4.74 Å². The van der Waals surface area contributed by atoms with Gasteiger partial charge in [-0.25, -0.2) is 4.68 Å². The third kappa shape index (κ3) is 4.28. The van der Waals surface area contributed by atoms with Gasteiger partial charge in [0.25, 0.3) is 0 Å². The van der Waals surface area contributed by atoms with Gasteiger partial charge in [0.1, 0.15) is 12.4 Å². The predicted octanol–water partition coefficient (Wildman–Crippen LogP) is -1.23. The molecule has 0 radical (unpaired) electrons. The summed E-state index contributed by atoms with van der Waals surface area (Å²) in [5.41, 5.74) is 0. The number of rotatable bonds is 5. The van der Waals surface area contributed by atoms with Crippen molar-refractivity contribution in [2.45, 2.75) is 19.9 Å². The topological polar surface area (TPSA) is 96.6 Å². The van der Waals surface area contributed by atoms with E-state index in [0.29, 0.717) is 18.3 Å². The Hall–Kier alpha value is -1.58. The minimum atomic E-state index is 0.00975. The summed E-state index contributed by atoms with van der Waals surface area (Å²) in [6, 6.07) is 0. The molecule has 3 rings (SSSR count). The summed E-state index contributed by atoms with van der Waals surface area (Å²) < 4.78 is 6.91. The molecule has 2 atom stereocenters. The molecule has 0 aliphatic carbocycles. The molecule has 0 saturated carbocycles. The van der Waals surface area contributed by atoms with E-state index in [2.05, 4.69) is 20.4 Å². The van der Waals surface area contributed by atoms with E-state index in [-0.39, 0.29) is 25.0 Å². The summed E-state index contributed by atoms with van der Waals surface area (Å²) in [6.07, 6.45) is 0.960. The molecule has 2 fully saturated rings. The number of nitrogens with zero attached hydrogens (tertiary/aromatic N) is 6. The van der Waals surface area contributed by atoms with Gasteiger partial charge in [0.05, 0.1) is 13.2 Å². The average Bonchev–Trinajstić information content (AvgIpc) is 3.00. The standard InChI is InChI=1S/C15H26N6O3/c1-12-16-17-18-21(12)10-15(23)20-8-13(6-14(9-20)11-22)7-19-2-4-24-5-3-19/h13-14,22H,2-11H2,1H3/t13-,14+/m1/s1. The number of amides is 1. The summed E-state index contributed by atoms with van der Waals surface area (Å²) in [6.45, 7) is 7.78. The molecule has 2 aliphatic heterocycles. The second-order valence-corrected chi connectivity index (χ2v) is 6.75. The van der Waals surface area contributed by atoms with Gasteiger partial charge in [-0.05, 0) is 35.6 Å². The molecule has 0 bridgehead atoms. The minimum Gasteiger partial charge on any atom is -0.396 e. The lowest BCUT2D eigenvalue weighted by Gasteiger charge is -2.40. The van der Waals surface area contributed by atoms with Gasteiger partial charge in [-0.2, -0.15) is 0 Å². The number of likely N-dealkylation sites (tertiary alicyclic amines) is 1. The number of aromatic nitrogens is 4. The third-order valence-electron chi connectivity index (χ3n) is 4.85. The van der Waals surface area contributed by atoms with Crippen molar-refractivity contribution in [3.05, 3.63) is 5.82 Å². The van der Waals surface area contributed by atoms with Crippen molar-refractivity contribution in [2.75, 3.05) is 52.5 Å². The number of aliphatic hydroxyl groups is 1. The van der Waals surface area contributed by atoms with Gasteiger partial charge in [-0.1, -0.05) is 0 Å². The average molecular weight is 338 g/mol. The molecule has 24 heavy (non-hydrogen) atoms. The van der Waals surface area contributed by atoms with E-state index in [1.54, 1.807) is 6.92 Å². The highest BCUT2D eigenvalue weighted by Gasteiger charge is 2.31. The lowest BCUT2D eigenvalue weighted by Crippen LogP contribution is -2.50. The molecular weight excluding hydrogens is 312 g/mol. The van der Waals surface area contributed by atoms with Crippen LogP contribution in [0.1, 0.15) is 12.2 Å². The molecule has 0 spiro atoms.